The normalized spacial score (nSPS) is 11.4. The van der Waals surface area contributed by atoms with Crippen LogP contribution in [0.15, 0.2) is 72.8 Å². The van der Waals surface area contributed by atoms with Gasteiger partial charge in [-0.05, 0) is 48.4 Å². The van der Waals surface area contributed by atoms with Crippen LogP contribution >= 0.6 is 11.3 Å². The number of hydrogen-bond acceptors (Lipinski definition) is 4. The zero-order valence-electron chi connectivity index (χ0n) is 15.4. The fourth-order valence-corrected chi connectivity index (χ4v) is 3.74. The second-order valence-electron chi connectivity index (χ2n) is 6.50. The molecule has 4 aromatic rings. The first-order valence-electron chi connectivity index (χ1n) is 8.97. The van der Waals surface area contributed by atoms with E-state index in [2.05, 4.69) is 42.2 Å². The number of hydrogen-bond donors (Lipinski definition) is 0. The first-order valence-corrected chi connectivity index (χ1v) is 9.79. The van der Waals surface area contributed by atoms with Gasteiger partial charge >= 0.3 is 0 Å². The van der Waals surface area contributed by atoms with E-state index >= 15 is 0 Å². The minimum absolute atomic E-state index is 0.532. The highest BCUT2D eigenvalue weighted by Crippen LogP contribution is 2.28. The molecule has 0 saturated heterocycles. The Kier molecular flexibility index (Phi) is 5.18. The predicted molar refractivity (Wildman–Crippen MR) is 115 cm³/mol. The maximum atomic E-state index is 9.57. The van der Waals surface area contributed by atoms with Gasteiger partial charge in [-0.15, -0.1) is 11.3 Å². The van der Waals surface area contributed by atoms with Gasteiger partial charge in [-0.1, -0.05) is 54.1 Å². The van der Waals surface area contributed by atoms with E-state index in [9.17, 15) is 5.26 Å². The van der Waals surface area contributed by atoms with Crippen LogP contribution in [0.4, 0.5) is 0 Å². The molecule has 0 aliphatic heterocycles. The summed E-state index contributed by atoms with van der Waals surface area (Å²) in [4.78, 5) is 4.57. The third-order valence-electron chi connectivity index (χ3n) is 4.36. The molecule has 0 N–H and O–H groups in total. The van der Waals surface area contributed by atoms with Crippen LogP contribution in [0.25, 0.3) is 21.9 Å². The summed E-state index contributed by atoms with van der Waals surface area (Å²) in [5.74, 6) is 0.802. The fraction of sp³-hybridized carbons (Fsp3) is 0.0833. The largest absolute Gasteiger partial charge is 0.489 e. The number of thiazole rings is 1. The predicted octanol–water partition coefficient (Wildman–Crippen LogP) is 6.25. The summed E-state index contributed by atoms with van der Waals surface area (Å²) >= 11 is 1.53. The Morgan fingerprint density at radius 3 is 2.50 bits per heavy atom. The van der Waals surface area contributed by atoms with Crippen LogP contribution in [0.2, 0.25) is 0 Å². The molecule has 1 aromatic heterocycles. The van der Waals surface area contributed by atoms with Crippen LogP contribution in [-0.4, -0.2) is 4.98 Å². The van der Waals surface area contributed by atoms with Gasteiger partial charge in [-0.25, -0.2) is 4.98 Å². The summed E-state index contributed by atoms with van der Waals surface area (Å²) in [5, 5.41) is 10.3. The van der Waals surface area contributed by atoms with Crippen molar-refractivity contribution in [2.75, 3.05) is 0 Å². The Balaban J connectivity index is 1.49. The minimum atomic E-state index is 0.532. The summed E-state index contributed by atoms with van der Waals surface area (Å²) in [6.07, 6.45) is 1.86. The van der Waals surface area contributed by atoms with Crippen molar-refractivity contribution in [2.45, 2.75) is 13.5 Å². The molecule has 0 atom stereocenters. The van der Waals surface area contributed by atoms with Crippen LogP contribution in [0.1, 0.15) is 21.7 Å². The lowest BCUT2D eigenvalue weighted by Crippen LogP contribution is -1.95. The fourth-order valence-electron chi connectivity index (χ4n) is 2.81. The summed E-state index contributed by atoms with van der Waals surface area (Å²) < 4.78 is 6.93. The first-order chi connectivity index (χ1) is 13.7. The third kappa shape index (κ3) is 4.11. The Morgan fingerprint density at radius 1 is 1.04 bits per heavy atom. The number of nitriles is 1. The highest BCUT2D eigenvalue weighted by atomic mass is 32.1. The van der Waals surface area contributed by atoms with E-state index in [1.807, 2.05) is 54.6 Å². The average Bonchev–Trinajstić information content (AvgIpc) is 3.16. The SMILES string of the molecule is Cc1ccc(COc2ccc(/C=C(/C#N)c3nc4ccccc4s3)cc2)cc1. The van der Waals surface area contributed by atoms with Crippen LogP contribution in [-0.2, 0) is 6.61 Å². The maximum absolute atomic E-state index is 9.57. The van der Waals surface area contributed by atoms with Crippen molar-refractivity contribution < 1.29 is 4.74 Å². The Morgan fingerprint density at radius 2 is 1.79 bits per heavy atom. The third-order valence-corrected chi connectivity index (χ3v) is 5.43. The molecule has 3 aromatic carbocycles. The highest BCUT2D eigenvalue weighted by Gasteiger charge is 2.08. The lowest BCUT2D eigenvalue weighted by atomic mass is 10.1. The molecular weight excluding hydrogens is 364 g/mol. The number of para-hydroxylation sites is 1. The summed E-state index contributed by atoms with van der Waals surface area (Å²) in [6, 6.07) is 26.3. The quantitative estimate of drug-likeness (QED) is 0.383. The monoisotopic (exact) mass is 382 g/mol. The topological polar surface area (TPSA) is 45.9 Å². The van der Waals surface area contributed by atoms with Gasteiger partial charge in [0, 0.05) is 0 Å². The molecule has 0 amide bonds. The molecule has 0 aliphatic carbocycles. The van der Waals surface area contributed by atoms with Crippen molar-refractivity contribution in [3.8, 4) is 11.8 Å². The molecule has 0 radical (unpaired) electrons. The molecule has 0 bridgehead atoms. The van der Waals surface area contributed by atoms with Gasteiger partial charge in [0.05, 0.1) is 15.8 Å². The standard InChI is InChI=1S/C24H18N2OS/c1-17-6-8-19(9-7-17)16-27-21-12-10-18(11-13-21)14-20(15-25)24-26-22-4-2-3-5-23(22)28-24/h2-14H,16H2,1H3/b20-14-. The van der Waals surface area contributed by atoms with E-state index in [1.165, 1.54) is 16.9 Å². The average molecular weight is 382 g/mol. The van der Waals surface area contributed by atoms with Crippen LogP contribution < -0.4 is 4.74 Å². The smallest absolute Gasteiger partial charge is 0.135 e. The van der Waals surface area contributed by atoms with Crippen molar-refractivity contribution in [2.24, 2.45) is 0 Å². The maximum Gasteiger partial charge on any atom is 0.135 e. The van der Waals surface area contributed by atoms with E-state index in [-0.39, 0.29) is 0 Å². The van der Waals surface area contributed by atoms with Crippen LogP contribution in [0, 0.1) is 18.3 Å². The van der Waals surface area contributed by atoms with Crippen LogP contribution in [0.3, 0.4) is 0 Å². The number of aryl methyl sites for hydroxylation is 1. The molecular formula is C24H18N2OS. The molecule has 28 heavy (non-hydrogen) atoms. The summed E-state index contributed by atoms with van der Waals surface area (Å²) in [5.41, 5.74) is 4.80. The van der Waals surface area contributed by atoms with Crippen molar-refractivity contribution in [1.82, 2.24) is 4.98 Å². The van der Waals surface area contributed by atoms with Gasteiger partial charge in [-0.3, -0.25) is 0 Å². The molecule has 4 rings (SSSR count). The zero-order chi connectivity index (χ0) is 19.3. The van der Waals surface area contributed by atoms with E-state index in [4.69, 9.17) is 4.74 Å². The molecule has 3 nitrogen and oxygen atoms in total. The molecule has 0 unspecified atom stereocenters. The molecule has 136 valence electrons. The van der Waals surface area contributed by atoms with Gasteiger partial charge in [0.15, 0.2) is 0 Å². The van der Waals surface area contributed by atoms with Crippen LogP contribution in [0.5, 0.6) is 5.75 Å². The molecule has 1 heterocycles. The lowest BCUT2D eigenvalue weighted by Gasteiger charge is -2.07. The number of fused-ring (bicyclic) bond motifs is 1. The van der Waals surface area contributed by atoms with E-state index < -0.39 is 0 Å². The lowest BCUT2D eigenvalue weighted by molar-refractivity contribution is 0.306. The van der Waals surface area contributed by atoms with E-state index in [0.29, 0.717) is 12.2 Å². The number of ether oxygens (including phenoxy) is 1. The molecule has 0 aliphatic rings. The van der Waals surface area contributed by atoms with E-state index in [0.717, 1.165) is 32.1 Å². The minimum Gasteiger partial charge on any atom is -0.489 e. The summed E-state index contributed by atoms with van der Waals surface area (Å²) in [6.45, 7) is 2.60. The molecule has 0 spiro atoms. The zero-order valence-corrected chi connectivity index (χ0v) is 16.2. The van der Waals surface area contributed by atoms with Gasteiger partial charge in [0.25, 0.3) is 0 Å². The number of aromatic nitrogens is 1. The Bertz CT molecular complexity index is 1130. The van der Waals surface area contributed by atoms with Gasteiger partial charge in [0.1, 0.15) is 23.4 Å². The number of nitrogens with zero attached hydrogens (tertiary/aromatic N) is 2. The first kappa shape index (κ1) is 18.0. The van der Waals surface area contributed by atoms with Gasteiger partial charge in [0.2, 0.25) is 0 Å². The highest BCUT2D eigenvalue weighted by molar-refractivity contribution is 7.19. The number of rotatable bonds is 5. The van der Waals surface area contributed by atoms with Gasteiger partial charge in [-0.2, -0.15) is 5.26 Å². The number of benzene rings is 3. The Hall–Kier alpha value is -3.42. The van der Waals surface area contributed by atoms with Crippen molar-refractivity contribution in [3.05, 3.63) is 94.5 Å². The van der Waals surface area contributed by atoms with Crippen molar-refractivity contribution >= 4 is 33.2 Å². The molecule has 4 heteroatoms. The number of allylic oxidation sites excluding steroid dienone is 1. The molecule has 0 fully saturated rings. The van der Waals surface area contributed by atoms with Crippen molar-refractivity contribution in [1.29, 1.82) is 5.26 Å². The second-order valence-corrected chi connectivity index (χ2v) is 7.53. The van der Waals surface area contributed by atoms with Gasteiger partial charge < -0.3 is 4.74 Å². The Labute approximate surface area is 168 Å². The molecule has 0 saturated carbocycles. The summed E-state index contributed by atoms with van der Waals surface area (Å²) in [7, 11) is 0. The van der Waals surface area contributed by atoms with Crippen molar-refractivity contribution in [3.63, 3.8) is 0 Å². The second kappa shape index (κ2) is 8.08. The van der Waals surface area contributed by atoms with E-state index in [1.54, 1.807) is 0 Å².